The largest absolute Gasteiger partial charge is 2.00 e. The Bertz CT molecular complexity index is 19.6. The van der Waals surface area contributed by atoms with Crippen molar-refractivity contribution in [3.8, 4) is 0 Å². The first kappa shape index (κ1) is 354. The predicted molar refractivity (Wildman–Crippen MR) is 36.6 cm³/mol. The maximum absolute atomic E-state index is 7.21. The normalized spacial score (nSPS) is 0.692. The van der Waals surface area contributed by atoms with E-state index in [4.69, 9.17) is 3.44 Å². The van der Waals surface area contributed by atoms with E-state index in [1.54, 1.807) is 0 Å². The Balaban J connectivity index is -0.0000000000909. The van der Waals surface area contributed by atoms with Gasteiger partial charge in [-0.1, -0.05) is 0 Å². The molecule has 0 aromatic carbocycles. The third-order valence-corrected chi connectivity index (χ3v) is 0. The minimum atomic E-state index is -0.0500. The van der Waals surface area contributed by atoms with Gasteiger partial charge >= 0.3 is 76.3 Å². The summed E-state index contributed by atoms with van der Waals surface area (Å²) in [6, 6.07) is 0. The molecule has 0 aromatic heterocycles. The molecule has 0 amide bonds. The average Bonchev–Trinajstić information content (AvgIpc) is 1.00. The molecule has 12 heteroatoms. The fourth-order valence-corrected chi connectivity index (χ4v) is 0. The standard InChI is InChI=1S/C.Mg.9H2O.Sn.Zn.3H/h;;9*1H2;;;;;/q+4;+2;;;;;;;;;;+1;+2;;;/p-9. The molecule has 0 aliphatic rings. The number of hydrogen-bond acceptors (Lipinski definition) is 9. The fraction of sp³-hybridized carbons (Fsp3) is 0. The molecular weight excluding hydrogens is 364 g/mol. The van der Waals surface area contributed by atoms with E-state index in [2.05, 4.69) is 0 Å². The van der Waals surface area contributed by atoms with Gasteiger partial charge in [0.25, 0.3) is 0 Å². The van der Waals surface area contributed by atoms with E-state index in [9.17, 15) is 0 Å². The van der Waals surface area contributed by atoms with Crippen LogP contribution < -0.4 is 0 Å². The van der Waals surface area contributed by atoms with E-state index < -0.39 is 0 Å². The molecule has 13 heavy (non-hydrogen) atoms. The van der Waals surface area contributed by atoms with Gasteiger partial charge in [0.2, 0.25) is 0 Å². The van der Waals surface area contributed by atoms with Gasteiger partial charge in [-0.2, -0.15) is 0 Å². The third kappa shape index (κ3) is 579. The van der Waals surface area contributed by atoms with Crippen molar-refractivity contribution in [2.24, 2.45) is 0 Å². The number of rotatable bonds is 0. The van der Waals surface area contributed by atoms with Gasteiger partial charge in [0, 0.05) is 0 Å². The molecule has 0 saturated heterocycles. The minimum absolute atomic E-state index is 0. The van der Waals surface area contributed by atoms with Gasteiger partial charge < -0.3 is 43.8 Å². The summed E-state index contributed by atoms with van der Waals surface area (Å²) in [5.74, 6) is 0. The van der Waals surface area contributed by atoms with Gasteiger partial charge in [0.05, 0.1) is 0 Å². The van der Waals surface area contributed by atoms with Crippen molar-refractivity contribution in [3.05, 3.63) is 7.43 Å². The molecular formula is CH12MgO9SnZn. The zero-order valence-corrected chi connectivity index (χ0v) is 17.0. The van der Waals surface area contributed by atoms with E-state index in [-0.39, 0.29) is 117 Å². The predicted octanol–water partition coefficient (Wildman–Crippen LogP) is -3.46. The summed E-state index contributed by atoms with van der Waals surface area (Å²) >= 11 is -0.0500. The van der Waals surface area contributed by atoms with Crippen LogP contribution in [0.2, 0.25) is 0 Å². The Morgan fingerprint density at radius 2 is 0.538 bits per heavy atom. The molecule has 0 aliphatic heterocycles. The summed E-state index contributed by atoms with van der Waals surface area (Å²) in [4.78, 5) is 0. The van der Waals surface area contributed by atoms with Crippen molar-refractivity contribution >= 4 is 46.0 Å². The Kier molecular flexibility index (Phi) is 18600. The van der Waals surface area contributed by atoms with Gasteiger partial charge in [-0.25, -0.2) is 0 Å². The monoisotopic (exact) mass is 376 g/mol. The van der Waals surface area contributed by atoms with E-state index in [1.165, 1.54) is 0 Å². The topological polar surface area (TPSA) is 260 Å². The molecule has 0 heterocycles. The minimum Gasteiger partial charge on any atom is 2.00 e. The van der Waals surface area contributed by atoms with Crippen molar-refractivity contribution < 1.29 is 66.7 Å². The molecule has 9 N–H and O–H groups in total. The number of hydrogen-bond donors (Lipinski definition) is 1. The Morgan fingerprint density at radius 3 is 0.538 bits per heavy atom. The molecule has 0 unspecified atom stereocenters. The molecule has 0 fully saturated rings. The first-order valence-corrected chi connectivity index (χ1v) is 3.00. The molecule has 9 nitrogen and oxygen atoms in total. The quantitative estimate of drug-likeness (QED) is 0.411. The van der Waals surface area contributed by atoms with Crippen molar-refractivity contribution in [2.75, 3.05) is 0 Å². The maximum Gasteiger partial charge on any atom is 2.00 e. The summed E-state index contributed by atoms with van der Waals surface area (Å²) in [6.07, 6.45) is 0. The van der Waals surface area contributed by atoms with Crippen molar-refractivity contribution in [2.45, 2.75) is 0 Å². The van der Waals surface area contributed by atoms with Crippen LogP contribution in [-0.4, -0.2) is 93.2 Å². The molecule has 0 rings (SSSR count). The molecule has 0 aromatic rings. The van der Waals surface area contributed by atoms with Crippen molar-refractivity contribution in [1.29, 1.82) is 0 Å². The van der Waals surface area contributed by atoms with Crippen molar-refractivity contribution in [1.82, 2.24) is 0 Å². The van der Waals surface area contributed by atoms with E-state index in [0.29, 0.717) is 0 Å². The second-order valence-corrected chi connectivity index (χ2v) is 0. The molecule has 0 aliphatic carbocycles. The van der Waals surface area contributed by atoms with E-state index >= 15 is 0 Å². The molecule has 0 saturated carbocycles. The van der Waals surface area contributed by atoms with Crippen LogP contribution in [0.3, 0.4) is 0 Å². The van der Waals surface area contributed by atoms with Crippen LogP contribution in [0.5, 0.6) is 0 Å². The smallest absolute Gasteiger partial charge is 2.00 e. The van der Waals surface area contributed by atoms with E-state index in [1.807, 2.05) is 0 Å². The zero-order valence-electron chi connectivity index (χ0n) is 6.94. The Labute approximate surface area is 119 Å². The second kappa shape index (κ2) is 681. The van der Waals surface area contributed by atoms with Crippen LogP contribution in [0.15, 0.2) is 0 Å². The SMILES string of the molecule is [C+4].[Mg+2].[OH-].[OH-].[OH-].[OH-].[OH-].[OH-].[OH-].[OH-].[OH][SnH3].[Zn+2]. The summed E-state index contributed by atoms with van der Waals surface area (Å²) < 4.78 is 7.21. The van der Waals surface area contributed by atoms with Crippen LogP contribution in [0.1, 0.15) is 0 Å². The first-order chi connectivity index (χ1) is 1.00. The van der Waals surface area contributed by atoms with Gasteiger partial charge in [-0.15, -0.1) is 0 Å². The average molecular weight is 377 g/mol. The van der Waals surface area contributed by atoms with Crippen LogP contribution >= 0.6 is 0 Å². The van der Waals surface area contributed by atoms with Crippen LogP contribution in [-0.2, 0) is 19.5 Å². The second-order valence-electron chi connectivity index (χ2n) is 0. The maximum atomic E-state index is 7.21. The summed E-state index contributed by atoms with van der Waals surface area (Å²) in [5.41, 5.74) is 0. The van der Waals surface area contributed by atoms with Crippen LogP contribution in [0.25, 0.3) is 0 Å². The van der Waals surface area contributed by atoms with Gasteiger partial charge in [0.1, 0.15) is 0 Å². The van der Waals surface area contributed by atoms with Crippen molar-refractivity contribution in [3.63, 3.8) is 0 Å². The Hall–Kier alpha value is 1.83. The molecule has 0 spiro atoms. The van der Waals surface area contributed by atoms with E-state index in [0.717, 1.165) is 0 Å². The summed E-state index contributed by atoms with van der Waals surface area (Å²) in [6.45, 7) is 0. The Morgan fingerprint density at radius 1 is 0.538 bits per heavy atom. The molecule has 0 bridgehead atoms. The summed E-state index contributed by atoms with van der Waals surface area (Å²) in [7, 11) is 0. The van der Waals surface area contributed by atoms with Gasteiger partial charge in [0.15, 0.2) is 0 Å². The molecule has 78 valence electrons. The molecule has 0 atom stereocenters. The third-order valence-electron chi connectivity index (χ3n) is 0. The fourth-order valence-electron chi connectivity index (χ4n) is 0. The van der Waals surface area contributed by atoms with Gasteiger partial charge in [-0.3, -0.25) is 0 Å². The van der Waals surface area contributed by atoms with Crippen LogP contribution in [0.4, 0.5) is 0 Å². The van der Waals surface area contributed by atoms with Crippen LogP contribution in [0, 0.1) is 7.43 Å². The molecule has 0 radical (unpaired) electrons. The van der Waals surface area contributed by atoms with Gasteiger partial charge in [-0.05, 0) is 0 Å². The summed E-state index contributed by atoms with van der Waals surface area (Å²) in [5, 5.41) is 0. The zero-order chi connectivity index (χ0) is 2.00. The first-order valence-electron chi connectivity index (χ1n) is 0.447.